The van der Waals surface area contributed by atoms with Gasteiger partial charge >= 0.3 is 0 Å². The molecule has 1 aliphatic rings. The zero-order valence-electron chi connectivity index (χ0n) is 6.30. The Balaban J connectivity index is 2.68. The van der Waals surface area contributed by atoms with Crippen LogP contribution < -0.4 is 0 Å². The van der Waals surface area contributed by atoms with E-state index in [0.717, 1.165) is 15.6 Å². The fourth-order valence-electron chi connectivity index (χ4n) is 1.54. The van der Waals surface area contributed by atoms with Crippen molar-refractivity contribution in [2.45, 2.75) is 12.8 Å². The first kappa shape index (κ1) is 8.04. The zero-order chi connectivity index (χ0) is 8.72. The number of phenolic OH excluding ortho intramolecular Hbond substituents is 1. The van der Waals surface area contributed by atoms with Gasteiger partial charge < -0.3 is 5.11 Å². The summed E-state index contributed by atoms with van der Waals surface area (Å²) in [5.74, 6) is 0.207. The number of carbonyl (C=O) groups is 1. The normalized spacial score (nSPS) is 14.9. The number of Topliss-reactive ketones (excluding diaryl/α,β-unsaturated/α-hetero) is 1. The molecule has 0 saturated carbocycles. The summed E-state index contributed by atoms with van der Waals surface area (Å²) in [5, 5.41) is 9.46. The third kappa shape index (κ3) is 1.12. The van der Waals surface area contributed by atoms with Crippen LogP contribution in [0.3, 0.4) is 0 Å². The Bertz CT molecular complexity index is 358. The molecule has 0 saturated heterocycles. The number of hydrogen-bond donors (Lipinski definition) is 1. The zero-order valence-corrected chi connectivity index (χ0v) is 8.46. The van der Waals surface area contributed by atoms with E-state index in [1.165, 1.54) is 0 Å². The highest BCUT2D eigenvalue weighted by Gasteiger charge is 2.23. The van der Waals surface area contributed by atoms with Crippen molar-refractivity contribution in [2.75, 3.05) is 0 Å². The van der Waals surface area contributed by atoms with Crippen LogP contribution in [0.25, 0.3) is 0 Å². The Labute approximate surface area is 83.7 Å². The van der Waals surface area contributed by atoms with Gasteiger partial charge in [-0.1, -0.05) is 0 Å². The first-order chi connectivity index (χ1) is 5.68. The van der Waals surface area contributed by atoms with Gasteiger partial charge in [0.25, 0.3) is 0 Å². The molecule has 12 heavy (non-hydrogen) atoms. The summed E-state index contributed by atoms with van der Waals surface area (Å²) in [4.78, 5) is 11.2. The molecule has 0 bridgehead atoms. The highest BCUT2D eigenvalue weighted by Crippen LogP contribution is 2.31. The molecule has 0 radical (unpaired) electrons. The maximum atomic E-state index is 11.2. The Morgan fingerprint density at radius 3 is 2.83 bits per heavy atom. The van der Waals surface area contributed by atoms with Crippen LogP contribution in [0, 0.1) is 3.57 Å². The maximum absolute atomic E-state index is 11.2. The molecule has 1 aromatic carbocycles. The molecular formula is C9H7IO2. The lowest BCUT2D eigenvalue weighted by molar-refractivity contribution is 0.0992. The minimum Gasteiger partial charge on any atom is -0.507 e. The molecule has 2 rings (SSSR count). The smallest absolute Gasteiger partial charge is 0.167 e. The SMILES string of the molecule is O=C1CCc2cc(I)cc(O)c21. The van der Waals surface area contributed by atoms with E-state index >= 15 is 0 Å². The van der Waals surface area contributed by atoms with Crippen LogP contribution in [0.1, 0.15) is 22.3 Å². The summed E-state index contributed by atoms with van der Waals surface area (Å²) in [5.41, 5.74) is 1.53. The second kappa shape index (κ2) is 2.73. The molecule has 0 amide bonds. The number of benzene rings is 1. The van der Waals surface area contributed by atoms with Crippen molar-refractivity contribution in [3.05, 3.63) is 26.8 Å². The topological polar surface area (TPSA) is 37.3 Å². The fraction of sp³-hybridized carbons (Fsp3) is 0.222. The van der Waals surface area contributed by atoms with Crippen molar-refractivity contribution in [3.8, 4) is 5.75 Å². The van der Waals surface area contributed by atoms with E-state index in [9.17, 15) is 9.90 Å². The summed E-state index contributed by atoms with van der Waals surface area (Å²) < 4.78 is 0.985. The van der Waals surface area contributed by atoms with Gasteiger partial charge in [-0.3, -0.25) is 4.79 Å². The summed E-state index contributed by atoms with van der Waals surface area (Å²) in [6, 6.07) is 3.59. The van der Waals surface area contributed by atoms with Gasteiger partial charge in [0.2, 0.25) is 0 Å². The molecule has 0 aliphatic heterocycles. The molecule has 62 valence electrons. The lowest BCUT2D eigenvalue weighted by Gasteiger charge is -2.01. The van der Waals surface area contributed by atoms with Crippen molar-refractivity contribution in [1.29, 1.82) is 0 Å². The van der Waals surface area contributed by atoms with Crippen LogP contribution in [-0.4, -0.2) is 10.9 Å². The van der Waals surface area contributed by atoms with Gasteiger partial charge in [0.1, 0.15) is 5.75 Å². The molecule has 0 atom stereocenters. The van der Waals surface area contributed by atoms with Crippen molar-refractivity contribution < 1.29 is 9.90 Å². The number of fused-ring (bicyclic) bond motifs is 1. The number of aromatic hydroxyl groups is 1. The average Bonchev–Trinajstić information content (AvgIpc) is 2.31. The largest absolute Gasteiger partial charge is 0.507 e. The quantitative estimate of drug-likeness (QED) is 0.736. The first-order valence-electron chi connectivity index (χ1n) is 3.73. The molecular weight excluding hydrogens is 267 g/mol. The lowest BCUT2D eigenvalue weighted by Crippen LogP contribution is -1.92. The predicted octanol–water partition coefficient (Wildman–Crippen LogP) is 2.13. The van der Waals surface area contributed by atoms with Gasteiger partial charge in [-0.15, -0.1) is 0 Å². The maximum Gasteiger partial charge on any atom is 0.167 e. The van der Waals surface area contributed by atoms with E-state index < -0.39 is 0 Å². The number of hydrogen-bond acceptors (Lipinski definition) is 2. The molecule has 0 fully saturated rings. The number of halogens is 1. The summed E-state index contributed by atoms with van der Waals surface area (Å²) in [6.45, 7) is 0. The van der Waals surface area contributed by atoms with E-state index in [-0.39, 0.29) is 11.5 Å². The van der Waals surface area contributed by atoms with Crippen molar-refractivity contribution >= 4 is 28.4 Å². The second-order valence-corrected chi connectivity index (χ2v) is 4.13. The standard InChI is InChI=1S/C9H7IO2/c10-6-3-5-1-2-7(11)9(5)8(12)4-6/h3-4,12H,1-2H2. The van der Waals surface area contributed by atoms with E-state index in [2.05, 4.69) is 22.6 Å². The fourth-order valence-corrected chi connectivity index (χ4v) is 2.21. The molecule has 1 aromatic rings. The van der Waals surface area contributed by atoms with E-state index in [1.54, 1.807) is 6.07 Å². The molecule has 0 spiro atoms. The van der Waals surface area contributed by atoms with Crippen molar-refractivity contribution in [2.24, 2.45) is 0 Å². The number of ketones is 1. The van der Waals surface area contributed by atoms with Gasteiger partial charge in [-0.05, 0) is 46.7 Å². The predicted molar refractivity (Wildman–Crippen MR) is 53.5 cm³/mol. The van der Waals surface area contributed by atoms with Crippen LogP contribution in [0.4, 0.5) is 0 Å². The van der Waals surface area contributed by atoms with Gasteiger partial charge in [0, 0.05) is 9.99 Å². The summed E-state index contributed by atoms with van der Waals surface area (Å²) in [6.07, 6.45) is 1.32. The van der Waals surface area contributed by atoms with E-state index in [1.807, 2.05) is 6.07 Å². The summed E-state index contributed by atoms with van der Waals surface area (Å²) >= 11 is 2.13. The molecule has 0 aromatic heterocycles. The minimum atomic E-state index is 0.0684. The van der Waals surface area contributed by atoms with Crippen LogP contribution in [0.5, 0.6) is 5.75 Å². The van der Waals surface area contributed by atoms with Gasteiger partial charge in [0.15, 0.2) is 5.78 Å². The van der Waals surface area contributed by atoms with Crippen LogP contribution in [0.15, 0.2) is 12.1 Å². The molecule has 0 unspecified atom stereocenters. The van der Waals surface area contributed by atoms with Crippen LogP contribution in [0.2, 0.25) is 0 Å². The number of aryl methyl sites for hydroxylation is 1. The van der Waals surface area contributed by atoms with Crippen LogP contribution in [-0.2, 0) is 6.42 Å². The highest BCUT2D eigenvalue weighted by molar-refractivity contribution is 14.1. The Morgan fingerprint density at radius 1 is 1.33 bits per heavy atom. The number of carbonyl (C=O) groups excluding carboxylic acids is 1. The van der Waals surface area contributed by atoms with Gasteiger partial charge in [-0.25, -0.2) is 0 Å². The third-order valence-electron chi connectivity index (χ3n) is 2.06. The van der Waals surface area contributed by atoms with Gasteiger partial charge in [0.05, 0.1) is 5.56 Å². The summed E-state index contributed by atoms with van der Waals surface area (Å²) in [7, 11) is 0. The number of rotatable bonds is 0. The lowest BCUT2D eigenvalue weighted by atomic mass is 10.1. The molecule has 3 heteroatoms. The third-order valence-corrected chi connectivity index (χ3v) is 2.69. The highest BCUT2D eigenvalue weighted by atomic mass is 127. The van der Waals surface area contributed by atoms with Gasteiger partial charge in [-0.2, -0.15) is 0 Å². The van der Waals surface area contributed by atoms with E-state index in [0.29, 0.717) is 12.0 Å². The monoisotopic (exact) mass is 274 g/mol. The molecule has 0 heterocycles. The Kier molecular flexibility index (Phi) is 1.83. The van der Waals surface area contributed by atoms with E-state index in [4.69, 9.17) is 0 Å². The molecule has 2 nitrogen and oxygen atoms in total. The number of phenols is 1. The van der Waals surface area contributed by atoms with Crippen molar-refractivity contribution in [1.82, 2.24) is 0 Å². The Morgan fingerprint density at radius 2 is 2.08 bits per heavy atom. The minimum absolute atomic E-state index is 0.0684. The Hall–Kier alpha value is -0.580. The first-order valence-corrected chi connectivity index (χ1v) is 4.81. The molecule has 1 aliphatic carbocycles. The molecule has 1 N–H and O–H groups in total. The second-order valence-electron chi connectivity index (χ2n) is 2.88. The average molecular weight is 274 g/mol. The van der Waals surface area contributed by atoms with Crippen molar-refractivity contribution in [3.63, 3.8) is 0 Å². The van der Waals surface area contributed by atoms with Crippen LogP contribution >= 0.6 is 22.6 Å².